The van der Waals surface area contributed by atoms with Crippen LogP contribution in [0.2, 0.25) is 0 Å². The number of aliphatic hydroxyl groups excluding tert-OH is 1. The van der Waals surface area contributed by atoms with Gasteiger partial charge in [0.25, 0.3) is 5.91 Å². The lowest BCUT2D eigenvalue weighted by Crippen LogP contribution is -2.54. The van der Waals surface area contributed by atoms with E-state index >= 15 is 0 Å². The van der Waals surface area contributed by atoms with E-state index in [9.17, 15) is 14.7 Å². The molecule has 0 bridgehead atoms. The Morgan fingerprint density at radius 3 is 2.67 bits per heavy atom. The molecule has 2 N–H and O–H groups in total. The van der Waals surface area contributed by atoms with Crippen molar-refractivity contribution in [3.05, 3.63) is 35.9 Å². The van der Waals surface area contributed by atoms with Crippen molar-refractivity contribution in [2.75, 3.05) is 19.7 Å². The van der Waals surface area contributed by atoms with Crippen LogP contribution in [0.3, 0.4) is 0 Å². The summed E-state index contributed by atoms with van der Waals surface area (Å²) in [6, 6.07) is 8.78. The van der Waals surface area contributed by atoms with E-state index in [1.54, 1.807) is 17.0 Å². The van der Waals surface area contributed by atoms with Gasteiger partial charge in [0.15, 0.2) is 0 Å². The predicted octanol–water partition coefficient (Wildman–Crippen LogP) is 1.04. The summed E-state index contributed by atoms with van der Waals surface area (Å²) in [7, 11) is 0. The van der Waals surface area contributed by atoms with Crippen LogP contribution in [0.1, 0.15) is 30.1 Å². The van der Waals surface area contributed by atoms with Crippen molar-refractivity contribution in [2.45, 2.75) is 25.8 Å². The number of carbonyl (C=O) groups is 2. The highest BCUT2D eigenvalue weighted by atomic mass is 16.3. The molecule has 1 aromatic carbocycles. The number of aliphatic hydroxyl groups is 1. The predicted molar refractivity (Wildman–Crippen MR) is 79.8 cm³/mol. The number of piperidine rings is 1. The van der Waals surface area contributed by atoms with Gasteiger partial charge in [-0.25, -0.2) is 0 Å². The van der Waals surface area contributed by atoms with Gasteiger partial charge in [0.1, 0.15) is 0 Å². The molecule has 5 nitrogen and oxygen atoms in total. The topological polar surface area (TPSA) is 69.6 Å². The molecule has 5 heteroatoms. The van der Waals surface area contributed by atoms with Crippen molar-refractivity contribution in [3.8, 4) is 0 Å². The second-order valence-electron chi connectivity index (χ2n) is 5.37. The molecule has 2 rings (SSSR count). The molecule has 0 unspecified atom stereocenters. The van der Waals surface area contributed by atoms with Crippen molar-refractivity contribution in [3.63, 3.8) is 0 Å². The van der Waals surface area contributed by atoms with Crippen molar-refractivity contribution >= 4 is 11.8 Å². The largest absolute Gasteiger partial charge is 0.396 e. The fourth-order valence-corrected chi connectivity index (χ4v) is 2.67. The zero-order valence-corrected chi connectivity index (χ0v) is 12.3. The third-order valence-corrected chi connectivity index (χ3v) is 4.00. The normalized spacial score (nSPS) is 21.9. The quantitative estimate of drug-likeness (QED) is 0.870. The average Bonchev–Trinajstić information content (AvgIpc) is 2.54. The highest BCUT2D eigenvalue weighted by Crippen LogP contribution is 2.18. The summed E-state index contributed by atoms with van der Waals surface area (Å²) in [6.07, 6.45) is 1.17. The fourth-order valence-electron chi connectivity index (χ4n) is 2.67. The van der Waals surface area contributed by atoms with Crippen molar-refractivity contribution in [1.29, 1.82) is 0 Å². The van der Waals surface area contributed by atoms with Crippen LogP contribution in [-0.2, 0) is 4.79 Å². The lowest BCUT2D eigenvalue weighted by molar-refractivity contribution is -0.133. The van der Waals surface area contributed by atoms with E-state index in [2.05, 4.69) is 5.32 Å². The molecule has 2 amide bonds. The maximum absolute atomic E-state index is 12.2. The summed E-state index contributed by atoms with van der Waals surface area (Å²) in [5.41, 5.74) is 0.591. The van der Waals surface area contributed by atoms with Gasteiger partial charge in [-0.3, -0.25) is 9.59 Å². The van der Waals surface area contributed by atoms with Crippen LogP contribution in [0, 0.1) is 5.92 Å². The standard InChI is InChI=1S/C16H22N2O3/c1-2-15(20)18-9-8-13(11-19)14(10-18)17-16(21)12-6-4-3-5-7-12/h3-7,13-14,19H,2,8-11H2,1H3,(H,17,21)/t13-,14-/m1/s1. The number of rotatable bonds is 4. The van der Waals surface area contributed by atoms with Crippen LogP contribution in [0.4, 0.5) is 0 Å². The molecule has 0 aliphatic carbocycles. The van der Waals surface area contributed by atoms with Crippen LogP contribution >= 0.6 is 0 Å². The maximum atomic E-state index is 12.2. The smallest absolute Gasteiger partial charge is 0.251 e. The Hall–Kier alpha value is -1.88. The minimum atomic E-state index is -0.202. The third-order valence-electron chi connectivity index (χ3n) is 4.00. The van der Waals surface area contributed by atoms with E-state index in [-0.39, 0.29) is 30.4 Å². The van der Waals surface area contributed by atoms with Crippen LogP contribution in [0.5, 0.6) is 0 Å². The van der Waals surface area contributed by atoms with Gasteiger partial charge in [-0.1, -0.05) is 25.1 Å². The average molecular weight is 290 g/mol. The summed E-state index contributed by atoms with van der Waals surface area (Å²) in [5, 5.41) is 12.4. The molecule has 0 aromatic heterocycles. The number of likely N-dealkylation sites (tertiary alicyclic amines) is 1. The Morgan fingerprint density at radius 1 is 1.33 bits per heavy atom. The Labute approximate surface area is 125 Å². The number of carbonyl (C=O) groups excluding carboxylic acids is 2. The first-order valence-electron chi connectivity index (χ1n) is 7.40. The molecule has 1 aliphatic heterocycles. The van der Waals surface area contributed by atoms with Crippen LogP contribution in [-0.4, -0.2) is 47.6 Å². The zero-order chi connectivity index (χ0) is 15.2. The third kappa shape index (κ3) is 3.82. The monoisotopic (exact) mass is 290 g/mol. The molecule has 1 saturated heterocycles. The van der Waals surface area contributed by atoms with Crippen molar-refractivity contribution < 1.29 is 14.7 Å². The van der Waals surface area contributed by atoms with Crippen molar-refractivity contribution in [1.82, 2.24) is 10.2 Å². The van der Waals surface area contributed by atoms with Crippen LogP contribution in [0.25, 0.3) is 0 Å². The summed E-state index contributed by atoms with van der Waals surface area (Å²) in [4.78, 5) is 25.8. The van der Waals surface area contributed by atoms with E-state index in [4.69, 9.17) is 0 Å². The summed E-state index contributed by atoms with van der Waals surface area (Å²) < 4.78 is 0. The second kappa shape index (κ2) is 7.22. The van der Waals surface area contributed by atoms with E-state index in [1.165, 1.54) is 0 Å². The SMILES string of the molecule is CCC(=O)N1CC[C@H](CO)[C@H](NC(=O)c2ccccc2)C1. The van der Waals surface area contributed by atoms with Crippen LogP contribution in [0.15, 0.2) is 30.3 Å². The Balaban J connectivity index is 2.04. The first-order valence-corrected chi connectivity index (χ1v) is 7.40. The lowest BCUT2D eigenvalue weighted by Gasteiger charge is -2.38. The highest BCUT2D eigenvalue weighted by molar-refractivity contribution is 5.94. The molecule has 1 aromatic rings. The number of amides is 2. The van der Waals surface area contributed by atoms with Gasteiger partial charge in [-0.05, 0) is 18.6 Å². The van der Waals surface area contributed by atoms with Gasteiger partial charge < -0.3 is 15.3 Å². The van der Waals surface area contributed by atoms with Gasteiger partial charge in [-0.15, -0.1) is 0 Å². The number of benzene rings is 1. The Morgan fingerprint density at radius 2 is 2.05 bits per heavy atom. The van der Waals surface area contributed by atoms with Gasteiger partial charge in [0, 0.05) is 37.6 Å². The fraction of sp³-hybridized carbons (Fsp3) is 0.500. The van der Waals surface area contributed by atoms with Gasteiger partial charge in [-0.2, -0.15) is 0 Å². The molecular formula is C16H22N2O3. The molecule has 0 saturated carbocycles. The van der Waals surface area contributed by atoms with Gasteiger partial charge >= 0.3 is 0 Å². The van der Waals surface area contributed by atoms with Gasteiger partial charge in [0.2, 0.25) is 5.91 Å². The van der Waals surface area contributed by atoms with Crippen LogP contribution < -0.4 is 5.32 Å². The summed E-state index contributed by atoms with van der Waals surface area (Å²) >= 11 is 0. The molecular weight excluding hydrogens is 268 g/mol. The number of hydrogen-bond donors (Lipinski definition) is 2. The van der Waals surface area contributed by atoms with E-state index in [0.717, 1.165) is 0 Å². The van der Waals surface area contributed by atoms with Gasteiger partial charge in [0.05, 0.1) is 6.04 Å². The molecule has 2 atom stereocenters. The molecule has 1 fully saturated rings. The Bertz CT molecular complexity index is 490. The number of hydrogen-bond acceptors (Lipinski definition) is 3. The first-order chi connectivity index (χ1) is 10.2. The summed E-state index contributed by atoms with van der Waals surface area (Å²) in [6.45, 7) is 2.97. The lowest BCUT2D eigenvalue weighted by atomic mass is 9.91. The maximum Gasteiger partial charge on any atom is 0.251 e. The molecule has 0 spiro atoms. The second-order valence-corrected chi connectivity index (χ2v) is 5.37. The van der Waals surface area contributed by atoms with E-state index < -0.39 is 0 Å². The number of nitrogens with zero attached hydrogens (tertiary/aromatic N) is 1. The minimum absolute atomic E-state index is 0.00133. The molecule has 114 valence electrons. The minimum Gasteiger partial charge on any atom is -0.396 e. The van der Waals surface area contributed by atoms with Crippen molar-refractivity contribution in [2.24, 2.45) is 5.92 Å². The summed E-state index contributed by atoms with van der Waals surface area (Å²) in [5.74, 6) is -0.0752. The number of nitrogens with one attached hydrogen (secondary N) is 1. The highest BCUT2D eigenvalue weighted by Gasteiger charge is 2.31. The zero-order valence-electron chi connectivity index (χ0n) is 12.3. The molecule has 21 heavy (non-hydrogen) atoms. The molecule has 1 aliphatic rings. The first kappa shape index (κ1) is 15.5. The Kier molecular flexibility index (Phi) is 5.33. The molecule has 1 heterocycles. The molecule has 0 radical (unpaired) electrons. The van der Waals surface area contributed by atoms with E-state index in [1.807, 2.05) is 25.1 Å². The van der Waals surface area contributed by atoms with E-state index in [0.29, 0.717) is 31.5 Å².